The van der Waals surface area contributed by atoms with Gasteiger partial charge in [-0.2, -0.15) is 4.98 Å². The number of fused-ring (bicyclic) bond motifs is 1. The Bertz CT molecular complexity index is 1220. The van der Waals surface area contributed by atoms with Crippen LogP contribution in [0.25, 0.3) is 11.2 Å². The number of aromatic amines is 1. The largest absolute Gasteiger partial charge is 0.469 e. The van der Waals surface area contributed by atoms with Crippen LogP contribution < -0.4 is 10.9 Å². The number of H-pyrrole nitrogens is 1. The van der Waals surface area contributed by atoms with Gasteiger partial charge in [0.2, 0.25) is 11.9 Å². The molecule has 14 nitrogen and oxygen atoms in total. The number of carbonyl (C=O) groups is 1. The summed E-state index contributed by atoms with van der Waals surface area (Å²) in [5, 5.41) is 24.8. The van der Waals surface area contributed by atoms with E-state index in [0.29, 0.717) is 0 Å². The number of nitrogens with one attached hydrogen (secondary N) is 2. The van der Waals surface area contributed by atoms with E-state index >= 15 is 0 Å². The Morgan fingerprint density at radius 1 is 1.38 bits per heavy atom. The van der Waals surface area contributed by atoms with Gasteiger partial charge in [-0.25, -0.2) is 9.55 Å². The van der Waals surface area contributed by atoms with Crippen molar-refractivity contribution in [3.63, 3.8) is 0 Å². The number of nitrogens with zero attached hydrogens (tertiary/aromatic N) is 3. The summed E-state index contributed by atoms with van der Waals surface area (Å²) in [5.74, 6) is -0.566. The Balaban J connectivity index is 1.57. The lowest BCUT2D eigenvalue weighted by atomic mass is 10.1. The van der Waals surface area contributed by atoms with Gasteiger partial charge in [0.25, 0.3) is 5.56 Å². The highest BCUT2D eigenvalue weighted by molar-refractivity contribution is 7.46. The first-order valence-corrected chi connectivity index (χ1v) is 11.5. The normalized spacial score (nSPS) is 23.6. The molecule has 4 rings (SSSR count). The molecule has 3 aromatic rings. The van der Waals surface area contributed by atoms with Gasteiger partial charge < -0.3 is 24.7 Å². The van der Waals surface area contributed by atoms with Gasteiger partial charge in [-0.1, -0.05) is 6.07 Å². The SMILES string of the molecule is O=C(Cc1cccs1)Nc1nc2c(ncn2[C@@H]2O[C@H](COP(=O)(O)O)[C@@H](O)[C@H]2O)c(=O)[nH]1. The number of thiophene rings is 1. The van der Waals surface area contributed by atoms with Crippen LogP contribution in [0.1, 0.15) is 11.1 Å². The van der Waals surface area contributed by atoms with Crippen LogP contribution in [-0.2, 0) is 25.0 Å². The number of aliphatic hydroxyl groups excluding tert-OH is 2. The van der Waals surface area contributed by atoms with Crippen molar-refractivity contribution in [1.82, 2.24) is 19.5 Å². The molecule has 0 aromatic carbocycles. The van der Waals surface area contributed by atoms with Gasteiger partial charge in [-0.3, -0.25) is 29.0 Å². The van der Waals surface area contributed by atoms with Crippen LogP contribution in [0, 0.1) is 0 Å². The molecule has 32 heavy (non-hydrogen) atoms. The minimum Gasteiger partial charge on any atom is -0.387 e. The van der Waals surface area contributed by atoms with E-state index < -0.39 is 50.4 Å². The van der Waals surface area contributed by atoms with Crippen molar-refractivity contribution in [3.05, 3.63) is 39.1 Å². The monoisotopic (exact) mass is 487 g/mol. The van der Waals surface area contributed by atoms with E-state index in [2.05, 4.69) is 24.8 Å². The number of aromatic nitrogens is 4. The fourth-order valence-electron chi connectivity index (χ4n) is 3.19. The summed E-state index contributed by atoms with van der Waals surface area (Å²) in [4.78, 5) is 53.6. The molecule has 172 valence electrons. The lowest BCUT2D eigenvalue weighted by Crippen LogP contribution is -2.33. The van der Waals surface area contributed by atoms with Gasteiger partial charge in [0.15, 0.2) is 17.4 Å². The number of carbonyl (C=O) groups excluding carboxylic acids is 1. The molecule has 0 saturated carbocycles. The second kappa shape index (κ2) is 8.80. The quantitative estimate of drug-likeness (QED) is 0.225. The second-order valence-electron chi connectivity index (χ2n) is 6.88. The molecule has 3 aromatic heterocycles. The average Bonchev–Trinajstić information content (AvgIpc) is 3.41. The maximum atomic E-state index is 12.4. The molecule has 1 amide bonds. The summed E-state index contributed by atoms with van der Waals surface area (Å²) < 4.78 is 21.9. The van der Waals surface area contributed by atoms with Crippen LogP contribution in [0.2, 0.25) is 0 Å². The fourth-order valence-corrected chi connectivity index (χ4v) is 4.23. The standard InChI is InChI=1S/C16H18N5O9PS/c22-9(4-7-2-1-3-32-7)18-16-19-13-10(14(25)20-16)17-6-21(13)15-12(24)11(23)8(30-15)5-29-31(26,27)28/h1-3,6,8,11-12,15,23-24H,4-5H2,(H2,26,27,28)(H2,18,19,20,22,25)/t8-,11-,12-,15-/m1/s1. The molecule has 0 spiro atoms. The first kappa shape index (κ1) is 22.7. The minimum atomic E-state index is -4.82. The number of ether oxygens (including phenoxy) is 1. The number of aliphatic hydroxyl groups is 2. The van der Waals surface area contributed by atoms with E-state index in [0.717, 1.165) is 11.2 Å². The summed E-state index contributed by atoms with van der Waals surface area (Å²) in [5.41, 5.74) is -0.816. The number of imidazole rings is 1. The van der Waals surface area contributed by atoms with Gasteiger partial charge in [0.05, 0.1) is 19.4 Å². The summed E-state index contributed by atoms with van der Waals surface area (Å²) in [6.45, 7) is -0.691. The zero-order valence-corrected chi connectivity index (χ0v) is 17.8. The summed E-state index contributed by atoms with van der Waals surface area (Å²) in [6, 6.07) is 3.59. The highest BCUT2D eigenvalue weighted by atomic mass is 32.1. The molecule has 6 N–H and O–H groups in total. The molecule has 0 radical (unpaired) electrons. The van der Waals surface area contributed by atoms with E-state index in [1.54, 1.807) is 12.1 Å². The molecule has 0 unspecified atom stereocenters. The number of hydrogen-bond acceptors (Lipinski definition) is 10. The molecular formula is C16H18N5O9PS. The smallest absolute Gasteiger partial charge is 0.387 e. The van der Waals surface area contributed by atoms with E-state index in [1.165, 1.54) is 15.9 Å². The maximum Gasteiger partial charge on any atom is 0.469 e. The predicted octanol–water partition coefficient (Wildman–Crippen LogP) is -0.909. The maximum absolute atomic E-state index is 12.4. The van der Waals surface area contributed by atoms with E-state index in [1.807, 2.05) is 5.38 Å². The van der Waals surface area contributed by atoms with Crippen LogP contribution >= 0.6 is 19.2 Å². The van der Waals surface area contributed by atoms with E-state index in [-0.39, 0.29) is 23.5 Å². The third-order valence-corrected chi connectivity index (χ3v) is 5.99. The number of anilines is 1. The van der Waals surface area contributed by atoms with Crippen LogP contribution in [0.15, 0.2) is 28.6 Å². The Hall–Kier alpha value is -2.49. The summed E-state index contributed by atoms with van der Waals surface area (Å²) >= 11 is 1.40. The highest BCUT2D eigenvalue weighted by Crippen LogP contribution is 2.38. The Labute approximate surface area is 182 Å². The lowest BCUT2D eigenvalue weighted by molar-refractivity contribution is -0.115. The summed E-state index contributed by atoms with van der Waals surface area (Å²) in [6.07, 6.45) is -4.42. The first-order chi connectivity index (χ1) is 15.1. The third kappa shape index (κ3) is 4.79. The van der Waals surface area contributed by atoms with E-state index in [4.69, 9.17) is 14.5 Å². The predicted molar refractivity (Wildman–Crippen MR) is 109 cm³/mol. The van der Waals surface area contributed by atoms with Gasteiger partial charge >= 0.3 is 7.82 Å². The lowest BCUT2D eigenvalue weighted by Gasteiger charge is -2.16. The molecule has 4 atom stereocenters. The Kier molecular flexibility index (Phi) is 6.24. The number of phosphoric ester groups is 1. The zero-order chi connectivity index (χ0) is 23.0. The Morgan fingerprint density at radius 3 is 2.84 bits per heavy atom. The fraction of sp³-hybridized carbons (Fsp3) is 0.375. The number of rotatable bonds is 7. The van der Waals surface area contributed by atoms with Crippen molar-refractivity contribution < 1.29 is 38.6 Å². The Morgan fingerprint density at radius 2 is 2.16 bits per heavy atom. The molecule has 0 aliphatic carbocycles. The molecule has 1 fully saturated rings. The van der Waals surface area contributed by atoms with Crippen molar-refractivity contribution in [3.8, 4) is 0 Å². The van der Waals surface area contributed by atoms with Crippen molar-refractivity contribution in [2.45, 2.75) is 31.0 Å². The molecule has 16 heteroatoms. The minimum absolute atomic E-state index is 0.0482. The topological polar surface area (TPSA) is 209 Å². The van der Waals surface area contributed by atoms with Gasteiger partial charge in [0, 0.05) is 4.88 Å². The molecule has 1 saturated heterocycles. The molecule has 1 aliphatic rings. The van der Waals surface area contributed by atoms with Gasteiger partial charge in [-0.15, -0.1) is 11.3 Å². The van der Waals surface area contributed by atoms with Crippen LogP contribution in [-0.4, -0.2) is 70.3 Å². The van der Waals surface area contributed by atoms with E-state index in [9.17, 15) is 24.4 Å². The molecule has 0 bridgehead atoms. The van der Waals surface area contributed by atoms with Crippen molar-refractivity contribution in [1.29, 1.82) is 0 Å². The molecule has 4 heterocycles. The van der Waals surface area contributed by atoms with Crippen LogP contribution in [0.5, 0.6) is 0 Å². The van der Waals surface area contributed by atoms with Crippen molar-refractivity contribution in [2.24, 2.45) is 0 Å². The van der Waals surface area contributed by atoms with Crippen LogP contribution in [0.4, 0.5) is 5.95 Å². The number of hydrogen-bond donors (Lipinski definition) is 6. The van der Waals surface area contributed by atoms with Crippen molar-refractivity contribution >= 4 is 42.2 Å². The van der Waals surface area contributed by atoms with Gasteiger partial charge in [-0.05, 0) is 11.4 Å². The average molecular weight is 487 g/mol. The number of amides is 1. The number of phosphoric acid groups is 1. The van der Waals surface area contributed by atoms with Crippen molar-refractivity contribution in [2.75, 3.05) is 11.9 Å². The molecule has 1 aliphatic heterocycles. The zero-order valence-electron chi connectivity index (χ0n) is 16.1. The second-order valence-corrected chi connectivity index (χ2v) is 9.15. The molecular weight excluding hydrogens is 469 g/mol. The highest BCUT2D eigenvalue weighted by Gasteiger charge is 2.45. The third-order valence-electron chi connectivity index (χ3n) is 4.62. The van der Waals surface area contributed by atoms with Crippen LogP contribution in [0.3, 0.4) is 0 Å². The van der Waals surface area contributed by atoms with Gasteiger partial charge in [0.1, 0.15) is 18.3 Å². The summed E-state index contributed by atoms with van der Waals surface area (Å²) in [7, 11) is -4.82. The first-order valence-electron chi connectivity index (χ1n) is 9.13.